The second-order valence-electron chi connectivity index (χ2n) is 5.69. The molecule has 1 aromatic carbocycles. The van der Waals surface area contributed by atoms with Crippen molar-refractivity contribution < 1.29 is 0 Å². The van der Waals surface area contributed by atoms with Crippen LogP contribution in [0.1, 0.15) is 43.5 Å². The van der Waals surface area contributed by atoms with Gasteiger partial charge >= 0.3 is 0 Å². The monoisotopic (exact) mass is 282 g/mol. The van der Waals surface area contributed by atoms with Crippen LogP contribution in [-0.4, -0.2) is 16.5 Å². The van der Waals surface area contributed by atoms with Gasteiger partial charge in [0.25, 0.3) is 0 Å². The van der Waals surface area contributed by atoms with Gasteiger partial charge in [-0.2, -0.15) is 0 Å². The number of rotatable bonds is 6. The predicted molar refractivity (Wildman–Crippen MR) is 87.2 cm³/mol. The summed E-state index contributed by atoms with van der Waals surface area (Å²) in [5.74, 6) is 3.30. The Hall–Kier alpha value is -2.10. The zero-order valence-corrected chi connectivity index (χ0v) is 12.7. The van der Waals surface area contributed by atoms with Crippen molar-refractivity contribution in [1.82, 2.24) is 9.97 Å². The molecule has 3 rings (SSSR count). The third-order valence-corrected chi connectivity index (χ3v) is 3.53. The normalized spacial score (nSPS) is 14.0. The van der Waals surface area contributed by atoms with E-state index in [-0.39, 0.29) is 0 Å². The van der Waals surface area contributed by atoms with Crippen molar-refractivity contribution in [1.29, 1.82) is 0 Å². The Kier molecular flexibility index (Phi) is 4.04. The van der Waals surface area contributed by atoms with Gasteiger partial charge in [0.15, 0.2) is 0 Å². The molecule has 1 aliphatic carbocycles. The predicted octanol–water partition coefficient (Wildman–Crippen LogP) is 4.23. The number of nitrogens with zero attached hydrogens (tertiary/aromatic N) is 2. The largest absolute Gasteiger partial charge is 0.370 e. The molecule has 0 bridgehead atoms. The number of anilines is 3. The van der Waals surface area contributed by atoms with Crippen LogP contribution in [0, 0.1) is 6.92 Å². The zero-order valence-electron chi connectivity index (χ0n) is 12.7. The Balaban J connectivity index is 1.84. The lowest BCUT2D eigenvalue weighted by Crippen LogP contribution is -2.06. The van der Waals surface area contributed by atoms with Gasteiger partial charge < -0.3 is 10.6 Å². The van der Waals surface area contributed by atoms with E-state index < -0.39 is 0 Å². The van der Waals surface area contributed by atoms with Crippen LogP contribution in [0.4, 0.5) is 17.3 Å². The third kappa shape index (κ3) is 3.72. The maximum Gasteiger partial charge on any atom is 0.136 e. The molecule has 0 spiro atoms. The first kappa shape index (κ1) is 13.9. The molecule has 0 aliphatic heterocycles. The van der Waals surface area contributed by atoms with E-state index in [2.05, 4.69) is 58.7 Å². The van der Waals surface area contributed by atoms with Crippen LogP contribution in [0.25, 0.3) is 0 Å². The van der Waals surface area contributed by atoms with Crippen LogP contribution in [0.5, 0.6) is 0 Å². The van der Waals surface area contributed by atoms with Crippen molar-refractivity contribution in [3.8, 4) is 0 Å². The summed E-state index contributed by atoms with van der Waals surface area (Å²) in [6.45, 7) is 5.18. The highest BCUT2D eigenvalue weighted by molar-refractivity contribution is 5.60. The molecule has 1 aromatic heterocycles. The lowest BCUT2D eigenvalue weighted by molar-refractivity contribution is 0.911. The SMILES string of the molecule is CCCNc1cc(Nc2cccc(C)c2)nc(C2CC2)n1. The first-order valence-electron chi connectivity index (χ1n) is 7.71. The second kappa shape index (κ2) is 6.12. The Morgan fingerprint density at radius 3 is 2.67 bits per heavy atom. The van der Waals surface area contributed by atoms with Gasteiger partial charge in [-0.25, -0.2) is 9.97 Å². The fourth-order valence-corrected chi connectivity index (χ4v) is 2.27. The van der Waals surface area contributed by atoms with Gasteiger partial charge in [-0.15, -0.1) is 0 Å². The van der Waals surface area contributed by atoms with Gasteiger partial charge in [0.1, 0.15) is 17.5 Å². The number of benzene rings is 1. The molecule has 2 aromatic rings. The average molecular weight is 282 g/mol. The molecular weight excluding hydrogens is 260 g/mol. The zero-order chi connectivity index (χ0) is 14.7. The van der Waals surface area contributed by atoms with Gasteiger partial charge in [0.05, 0.1) is 0 Å². The summed E-state index contributed by atoms with van der Waals surface area (Å²) in [6, 6.07) is 10.3. The lowest BCUT2D eigenvalue weighted by atomic mass is 10.2. The van der Waals surface area contributed by atoms with Gasteiger partial charge in [-0.3, -0.25) is 0 Å². The van der Waals surface area contributed by atoms with Crippen molar-refractivity contribution in [2.24, 2.45) is 0 Å². The highest BCUT2D eigenvalue weighted by atomic mass is 15.1. The van der Waals surface area contributed by atoms with Crippen molar-refractivity contribution >= 4 is 17.3 Å². The first-order valence-corrected chi connectivity index (χ1v) is 7.71. The molecule has 2 N–H and O–H groups in total. The van der Waals surface area contributed by atoms with Crippen LogP contribution in [0.3, 0.4) is 0 Å². The van der Waals surface area contributed by atoms with Crippen molar-refractivity contribution in [2.45, 2.75) is 39.0 Å². The summed E-state index contributed by atoms with van der Waals surface area (Å²) in [6.07, 6.45) is 3.51. The van der Waals surface area contributed by atoms with E-state index in [9.17, 15) is 0 Å². The van der Waals surface area contributed by atoms with Crippen LogP contribution >= 0.6 is 0 Å². The average Bonchev–Trinajstić information content (AvgIpc) is 3.29. The van der Waals surface area contributed by atoms with Crippen LogP contribution in [0.2, 0.25) is 0 Å². The lowest BCUT2D eigenvalue weighted by Gasteiger charge is -2.11. The first-order chi connectivity index (χ1) is 10.2. The summed E-state index contributed by atoms with van der Waals surface area (Å²) in [5, 5.41) is 6.76. The summed E-state index contributed by atoms with van der Waals surface area (Å²) < 4.78 is 0. The van der Waals surface area contributed by atoms with Crippen LogP contribution in [0.15, 0.2) is 30.3 Å². The van der Waals surface area contributed by atoms with E-state index in [4.69, 9.17) is 0 Å². The van der Waals surface area contributed by atoms with Gasteiger partial charge in [-0.05, 0) is 43.9 Å². The molecule has 4 heteroatoms. The molecule has 0 saturated heterocycles. The number of aryl methyl sites for hydroxylation is 1. The Morgan fingerprint density at radius 1 is 1.14 bits per heavy atom. The van der Waals surface area contributed by atoms with E-state index in [1.165, 1.54) is 18.4 Å². The summed E-state index contributed by atoms with van der Waals surface area (Å²) in [7, 11) is 0. The quantitative estimate of drug-likeness (QED) is 0.832. The molecule has 1 saturated carbocycles. The van der Waals surface area contributed by atoms with Crippen LogP contribution < -0.4 is 10.6 Å². The molecular formula is C17H22N4. The van der Waals surface area contributed by atoms with Crippen molar-refractivity contribution in [3.05, 3.63) is 41.7 Å². The molecule has 110 valence electrons. The smallest absolute Gasteiger partial charge is 0.136 e. The van der Waals surface area contributed by atoms with Crippen LogP contribution in [-0.2, 0) is 0 Å². The van der Waals surface area contributed by atoms with Gasteiger partial charge in [0.2, 0.25) is 0 Å². The van der Waals surface area contributed by atoms with Gasteiger partial charge in [-0.1, -0.05) is 19.1 Å². The molecule has 1 fully saturated rings. The maximum atomic E-state index is 4.67. The molecule has 21 heavy (non-hydrogen) atoms. The summed E-state index contributed by atoms with van der Waals surface area (Å²) in [4.78, 5) is 9.30. The highest BCUT2D eigenvalue weighted by Crippen LogP contribution is 2.39. The molecule has 4 nitrogen and oxygen atoms in total. The maximum absolute atomic E-state index is 4.67. The number of aromatic nitrogens is 2. The Morgan fingerprint density at radius 2 is 1.95 bits per heavy atom. The van der Waals surface area contributed by atoms with Crippen molar-refractivity contribution in [2.75, 3.05) is 17.2 Å². The molecule has 1 heterocycles. The number of hydrogen-bond donors (Lipinski definition) is 2. The third-order valence-electron chi connectivity index (χ3n) is 3.53. The molecule has 0 atom stereocenters. The molecule has 0 unspecified atom stereocenters. The van der Waals surface area contributed by atoms with Gasteiger partial charge in [0, 0.05) is 24.2 Å². The van der Waals surface area contributed by atoms with E-state index in [0.29, 0.717) is 5.92 Å². The van der Waals surface area contributed by atoms with E-state index >= 15 is 0 Å². The summed E-state index contributed by atoms with van der Waals surface area (Å²) in [5.41, 5.74) is 2.30. The minimum Gasteiger partial charge on any atom is -0.370 e. The summed E-state index contributed by atoms with van der Waals surface area (Å²) >= 11 is 0. The Labute approximate surface area is 126 Å². The highest BCUT2D eigenvalue weighted by Gasteiger charge is 2.27. The Bertz CT molecular complexity index is 620. The fraction of sp³-hybridized carbons (Fsp3) is 0.412. The standard InChI is InChI=1S/C17H22N4/c1-3-9-18-15-11-16(21-17(20-15)13-7-8-13)19-14-6-4-5-12(2)10-14/h4-6,10-11,13H,3,7-9H2,1-2H3,(H2,18,19,20,21). The van der Waals surface area contributed by atoms with E-state index in [1.807, 2.05) is 6.07 Å². The fourth-order valence-electron chi connectivity index (χ4n) is 2.27. The molecule has 0 amide bonds. The van der Waals surface area contributed by atoms with E-state index in [0.717, 1.165) is 36.1 Å². The van der Waals surface area contributed by atoms with E-state index in [1.54, 1.807) is 0 Å². The topological polar surface area (TPSA) is 49.8 Å². The molecule has 1 aliphatic rings. The number of hydrogen-bond acceptors (Lipinski definition) is 4. The number of nitrogens with one attached hydrogen (secondary N) is 2. The minimum atomic E-state index is 0.548. The van der Waals surface area contributed by atoms with Crippen molar-refractivity contribution in [3.63, 3.8) is 0 Å². The molecule has 0 radical (unpaired) electrons. The minimum absolute atomic E-state index is 0.548. The second-order valence-corrected chi connectivity index (χ2v) is 5.69.